The average Bonchev–Trinajstić information content (AvgIpc) is 2.93. The van der Waals surface area contributed by atoms with Crippen molar-refractivity contribution in [1.82, 2.24) is 4.90 Å². The van der Waals surface area contributed by atoms with Crippen LogP contribution in [-0.4, -0.2) is 38.6 Å². The molecule has 1 aliphatic carbocycles. The zero-order valence-electron chi connectivity index (χ0n) is 18.7. The number of ether oxygens (including phenoxy) is 1. The average molecular weight is 432 g/mol. The summed E-state index contributed by atoms with van der Waals surface area (Å²) in [6.07, 6.45) is 2.89. The van der Waals surface area contributed by atoms with E-state index >= 15 is 0 Å². The number of benzene rings is 1. The van der Waals surface area contributed by atoms with Crippen LogP contribution in [0.3, 0.4) is 0 Å². The maximum atomic E-state index is 12.5. The third-order valence-electron chi connectivity index (χ3n) is 6.60. The number of hydrogen-bond acceptors (Lipinski definition) is 4. The molecule has 1 aromatic rings. The minimum Gasteiger partial charge on any atom is -0.444 e. The maximum absolute atomic E-state index is 12.5. The third kappa shape index (κ3) is 4.40. The van der Waals surface area contributed by atoms with E-state index in [0.717, 1.165) is 24.8 Å². The van der Waals surface area contributed by atoms with Gasteiger partial charge >= 0.3 is 6.09 Å². The smallest absolute Gasteiger partial charge is 0.410 e. The number of likely N-dealkylation sites (tertiary alicyclic amines) is 1. The second-order valence-corrected chi connectivity index (χ2v) is 12.0. The van der Waals surface area contributed by atoms with E-state index < -0.39 is 21.3 Å². The molecule has 2 atom stereocenters. The minimum atomic E-state index is -1.47. The molecule has 1 spiro atoms. The standard InChI is InChI=1S/C23H33N3O3S/c1-21(2,3)29-20(27)26-11-9-23(10-12-26)13-16-7-6-8-17(15-24)19(16)18(23)14-22(4,5)30(25)28/h6-8,18H,9-14,25H2,1-5H3/t18-,30?/m1/s1. The number of carbonyl (C=O) groups is 1. The Hall–Kier alpha value is -1.91. The molecule has 1 amide bonds. The fraction of sp³-hybridized carbons (Fsp3) is 0.652. The van der Waals surface area contributed by atoms with Gasteiger partial charge in [0.15, 0.2) is 0 Å². The normalized spacial score (nSPS) is 21.8. The number of rotatable bonds is 3. The summed E-state index contributed by atoms with van der Waals surface area (Å²) in [5.74, 6) is 0.0895. The number of nitrogens with two attached hydrogens (primary N) is 1. The SMILES string of the molecule is CC(C)(C)OC(=O)N1CCC2(CC1)Cc1cccc(C#N)c1[C@H]2CC(C)(C)S(N)=O. The van der Waals surface area contributed by atoms with Crippen LogP contribution >= 0.6 is 0 Å². The number of fused-ring (bicyclic) bond motifs is 1. The zero-order chi connectivity index (χ0) is 22.3. The van der Waals surface area contributed by atoms with Crippen molar-refractivity contribution in [2.45, 2.75) is 76.6 Å². The Morgan fingerprint density at radius 1 is 1.30 bits per heavy atom. The van der Waals surface area contributed by atoms with Crippen molar-refractivity contribution in [2.24, 2.45) is 10.6 Å². The predicted octanol–water partition coefficient (Wildman–Crippen LogP) is 4.01. The molecule has 1 unspecified atom stereocenters. The summed E-state index contributed by atoms with van der Waals surface area (Å²) in [6, 6.07) is 8.27. The lowest BCUT2D eigenvalue weighted by molar-refractivity contribution is 0.00698. The second kappa shape index (κ2) is 7.97. The molecule has 1 fully saturated rings. The molecule has 164 valence electrons. The molecule has 0 aromatic heterocycles. The van der Waals surface area contributed by atoms with Gasteiger partial charge in [-0.2, -0.15) is 5.26 Å². The summed E-state index contributed by atoms with van der Waals surface area (Å²) < 4.78 is 17.2. The van der Waals surface area contributed by atoms with Crippen LogP contribution in [0, 0.1) is 16.7 Å². The highest BCUT2D eigenvalue weighted by Gasteiger charge is 2.51. The highest BCUT2D eigenvalue weighted by atomic mass is 32.2. The number of nitrogens with zero attached hydrogens (tertiary/aromatic N) is 2. The van der Waals surface area contributed by atoms with Crippen molar-refractivity contribution in [1.29, 1.82) is 5.26 Å². The van der Waals surface area contributed by atoms with Crippen LogP contribution in [0.1, 0.15) is 76.5 Å². The monoisotopic (exact) mass is 431 g/mol. The fourth-order valence-corrected chi connectivity index (χ4v) is 5.29. The van der Waals surface area contributed by atoms with Crippen LogP contribution in [0.2, 0.25) is 0 Å². The van der Waals surface area contributed by atoms with Gasteiger partial charge in [0, 0.05) is 13.1 Å². The molecule has 0 bridgehead atoms. The Labute approximate surface area is 182 Å². The van der Waals surface area contributed by atoms with Crippen LogP contribution in [-0.2, 0) is 22.1 Å². The number of hydrogen-bond donors (Lipinski definition) is 1. The van der Waals surface area contributed by atoms with Crippen LogP contribution in [0.4, 0.5) is 4.79 Å². The highest BCUT2D eigenvalue weighted by Crippen LogP contribution is 2.57. The van der Waals surface area contributed by atoms with Crippen molar-refractivity contribution in [3.8, 4) is 6.07 Å². The molecular formula is C23H33N3O3S. The van der Waals surface area contributed by atoms with Crippen molar-refractivity contribution in [2.75, 3.05) is 13.1 Å². The molecule has 30 heavy (non-hydrogen) atoms. The van der Waals surface area contributed by atoms with Gasteiger partial charge in [-0.05, 0) is 88.8 Å². The summed E-state index contributed by atoms with van der Waals surface area (Å²) in [7, 11) is -1.47. The summed E-state index contributed by atoms with van der Waals surface area (Å²) in [4.78, 5) is 14.3. The van der Waals surface area contributed by atoms with Crippen molar-refractivity contribution in [3.63, 3.8) is 0 Å². The Bertz CT molecular complexity index is 890. The topological polar surface area (TPSA) is 96.4 Å². The molecule has 0 radical (unpaired) electrons. The van der Waals surface area contributed by atoms with E-state index in [2.05, 4.69) is 12.1 Å². The van der Waals surface area contributed by atoms with Gasteiger partial charge in [-0.25, -0.2) is 9.00 Å². The molecule has 6 nitrogen and oxygen atoms in total. The van der Waals surface area contributed by atoms with Gasteiger partial charge in [0.05, 0.1) is 27.4 Å². The number of amides is 1. The highest BCUT2D eigenvalue weighted by molar-refractivity contribution is 7.84. The van der Waals surface area contributed by atoms with Gasteiger partial charge in [0.1, 0.15) is 5.60 Å². The molecule has 3 rings (SSSR count). The van der Waals surface area contributed by atoms with E-state index in [9.17, 15) is 14.3 Å². The summed E-state index contributed by atoms with van der Waals surface area (Å²) in [5.41, 5.74) is 2.40. The molecule has 1 aliphatic heterocycles. The molecule has 1 heterocycles. The van der Waals surface area contributed by atoms with Crippen molar-refractivity contribution < 1.29 is 13.7 Å². The first-order chi connectivity index (χ1) is 13.9. The van der Waals surface area contributed by atoms with E-state index in [-0.39, 0.29) is 17.4 Å². The lowest BCUT2D eigenvalue weighted by Gasteiger charge is -2.45. The van der Waals surface area contributed by atoms with Gasteiger partial charge in [-0.15, -0.1) is 0 Å². The predicted molar refractivity (Wildman–Crippen MR) is 118 cm³/mol. The molecule has 1 saturated heterocycles. The van der Waals surface area contributed by atoms with E-state index in [1.165, 1.54) is 5.56 Å². The Morgan fingerprint density at radius 3 is 2.47 bits per heavy atom. The first-order valence-corrected chi connectivity index (χ1v) is 11.8. The van der Waals surface area contributed by atoms with Crippen LogP contribution in [0.5, 0.6) is 0 Å². The molecule has 1 aromatic carbocycles. The van der Waals surface area contributed by atoms with Crippen molar-refractivity contribution in [3.05, 3.63) is 34.9 Å². The maximum Gasteiger partial charge on any atom is 0.410 e. The Kier molecular flexibility index (Phi) is 6.05. The Balaban J connectivity index is 1.90. The van der Waals surface area contributed by atoms with Gasteiger partial charge < -0.3 is 9.64 Å². The van der Waals surface area contributed by atoms with E-state index in [1.807, 2.05) is 46.8 Å². The molecule has 2 N–H and O–H groups in total. The third-order valence-corrected chi connectivity index (χ3v) is 7.85. The molecule has 0 saturated carbocycles. The molecule has 7 heteroatoms. The molecule has 2 aliphatic rings. The number of nitriles is 1. The van der Waals surface area contributed by atoms with Gasteiger partial charge in [0.25, 0.3) is 0 Å². The van der Waals surface area contributed by atoms with Crippen LogP contribution in [0.25, 0.3) is 0 Å². The van der Waals surface area contributed by atoms with Crippen LogP contribution < -0.4 is 5.14 Å². The lowest BCUT2D eigenvalue weighted by Crippen LogP contribution is -2.47. The molecular weight excluding hydrogens is 398 g/mol. The Morgan fingerprint density at radius 2 is 1.93 bits per heavy atom. The van der Waals surface area contributed by atoms with Gasteiger partial charge in [0.2, 0.25) is 0 Å². The number of carbonyl (C=O) groups excluding carboxylic acids is 1. The first kappa shape index (κ1) is 22.8. The lowest BCUT2D eigenvalue weighted by atomic mass is 9.66. The van der Waals surface area contributed by atoms with E-state index in [4.69, 9.17) is 9.88 Å². The van der Waals surface area contributed by atoms with Gasteiger partial charge in [-0.1, -0.05) is 12.1 Å². The second-order valence-electron chi connectivity index (χ2n) is 10.3. The summed E-state index contributed by atoms with van der Waals surface area (Å²) in [6.45, 7) is 10.7. The number of piperidine rings is 1. The fourth-order valence-electron chi connectivity index (χ4n) is 4.96. The summed E-state index contributed by atoms with van der Waals surface area (Å²) >= 11 is 0. The minimum absolute atomic E-state index is 0.0650. The largest absolute Gasteiger partial charge is 0.444 e. The van der Waals surface area contributed by atoms with Crippen LogP contribution in [0.15, 0.2) is 18.2 Å². The summed E-state index contributed by atoms with van der Waals surface area (Å²) in [5, 5.41) is 15.5. The van der Waals surface area contributed by atoms with Gasteiger partial charge in [-0.3, -0.25) is 5.14 Å². The zero-order valence-corrected chi connectivity index (χ0v) is 19.5. The quantitative estimate of drug-likeness (QED) is 0.782. The first-order valence-electron chi connectivity index (χ1n) is 10.5. The van der Waals surface area contributed by atoms with E-state index in [1.54, 1.807) is 4.90 Å². The van der Waals surface area contributed by atoms with E-state index in [0.29, 0.717) is 25.1 Å². The van der Waals surface area contributed by atoms with Crippen molar-refractivity contribution >= 4 is 17.1 Å².